The Morgan fingerprint density at radius 1 is 1.00 bits per heavy atom. The summed E-state index contributed by atoms with van der Waals surface area (Å²) in [6.45, 7) is 0.383. The lowest BCUT2D eigenvalue weighted by atomic mass is 10.1. The van der Waals surface area contributed by atoms with E-state index in [2.05, 4.69) is 10.5 Å². The van der Waals surface area contributed by atoms with E-state index in [-0.39, 0.29) is 5.91 Å². The molecular formula is C22H19ClN2O2. The minimum absolute atomic E-state index is 0.163. The molecule has 0 aliphatic heterocycles. The summed E-state index contributed by atoms with van der Waals surface area (Å²) in [5.41, 5.74) is 5.23. The van der Waals surface area contributed by atoms with Crippen molar-refractivity contribution >= 4 is 23.7 Å². The number of nitrogens with zero attached hydrogens (tertiary/aromatic N) is 1. The molecule has 4 nitrogen and oxygen atoms in total. The van der Waals surface area contributed by atoms with E-state index >= 15 is 0 Å². The molecule has 3 aromatic rings. The summed E-state index contributed by atoms with van der Waals surface area (Å²) in [7, 11) is 0. The smallest absolute Gasteiger partial charge is 0.244 e. The minimum Gasteiger partial charge on any atom is -0.489 e. The molecule has 1 amide bonds. The van der Waals surface area contributed by atoms with Crippen LogP contribution in [0.1, 0.15) is 16.7 Å². The highest BCUT2D eigenvalue weighted by atomic mass is 35.5. The number of ether oxygens (including phenoxy) is 1. The van der Waals surface area contributed by atoms with Crippen molar-refractivity contribution in [1.29, 1.82) is 0 Å². The first-order valence-electron chi connectivity index (χ1n) is 8.53. The normalized spacial score (nSPS) is 10.7. The third-order valence-electron chi connectivity index (χ3n) is 3.82. The maximum Gasteiger partial charge on any atom is 0.244 e. The second kappa shape index (κ2) is 9.55. The van der Waals surface area contributed by atoms with E-state index < -0.39 is 0 Å². The molecule has 0 unspecified atom stereocenters. The van der Waals surface area contributed by atoms with Crippen LogP contribution in [-0.2, 0) is 17.8 Å². The summed E-state index contributed by atoms with van der Waals surface area (Å²) in [4.78, 5) is 11.9. The zero-order valence-corrected chi connectivity index (χ0v) is 15.4. The van der Waals surface area contributed by atoms with Gasteiger partial charge in [0.15, 0.2) is 0 Å². The molecule has 3 rings (SSSR count). The molecule has 0 radical (unpaired) electrons. The summed E-state index contributed by atoms with van der Waals surface area (Å²) in [6.07, 6.45) is 1.88. The zero-order valence-electron chi connectivity index (χ0n) is 14.6. The monoisotopic (exact) mass is 378 g/mol. The maximum atomic E-state index is 11.9. The van der Waals surface area contributed by atoms with Crippen molar-refractivity contribution < 1.29 is 9.53 Å². The van der Waals surface area contributed by atoms with Crippen LogP contribution in [0.25, 0.3) is 0 Å². The average Bonchev–Trinajstić information content (AvgIpc) is 2.68. The lowest BCUT2D eigenvalue weighted by Crippen LogP contribution is -2.19. The van der Waals surface area contributed by atoms with E-state index in [1.54, 1.807) is 6.21 Å². The third-order valence-corrected chi connectivity index (χ3v) is 4.19. The summed E-state index contributed by atoms with van der Waals surface area (Å²) < 4.78 is 5.79. The first-order chi connectivity index (χ1) is 13.2. The summed E-state index contributed by atoms with van der Waals surface area (Å²) in [6, 6.07) is 24.6. The van der Waals surface area contributed by atoms with Crippen molar-refractivity contribution in [2.75, 3.05) is 0 Å². The van der Waals surface area contributed by atoms with Crippen molar-refractivity contribution in [3.63, 3.8) is 0 Å². The van der Waals surface area contributed by atoms with Crippen LogP contribution in [0.15, 0.2) is 84.0 Å². The number of halogens is 1. The molecule has 0 saturated carbocycles. The molecule has 0 aliphatic carbocycles. The van der Waals surface area contributed by atoms with E-state index in [1.807, 2.05) is 78.9 Å². The molecule has 5 heteroatoms. The number of hydrogen-bond donors (Lipinski definition) is 1. The molecule has 3 aromatic carbocycles. The highest BCUT2D eigenvalue weighted by molar-refractivity contribution is 6.31. The Labute approximate surface area is 163 Å². The van der Waals surface area contributed by atoms with Crippen LogP contribution in [0, 0.1) is 0 Å². The molecule has 1 N–H and O–H groups in total. The molecule has 136 valence electrons. The number of amides is 1. The fraction of sp³-hybridized carbons (Fsp3) is 0.0909. The van der Waals surface area contributed by atoms with Crippen molar-refractivity contribution in [2.45, 2.75) is 13.0 Å². The minimum atomic E-state index is -0.163. The number of rotatable bonds is 7. The van der Waals surface area contributed by atoms with Crippen molar-refractivity contribution in [1.82, 2.24) is 5.43 Å². The van der Waals surface area contributed by atoms with Gasteiger partial charge < -0.3 is 4.74 Å². The van der Waals surface area contributed by atoms with Crippen LogP contribution in [0.5, 0.6) is 5.75 Å². The highest BCUT2D eigenvalue weighted by Crippen LogP contribution is 2.19. The SMILES string of the molecule is O=C(Cc1ccccc1)N/N=C\c1cccc(OCc2ccccc2Cl)c1. The van der Waals surface area contributed by atoms with Gasteiger partial charge in [0, 0.05) is 10.6 Å². The first kappa shape index (κ1) is 18.7. The molecule has 0 heterocycles. The molecule has 0 fully saturated rings. The Kier molecular flexibility index (Phi) is 6.61. The van der Waals surface area contributed by atoms with Crippen molar-refractivity contribution in [2.24, 2.45) is 5.10 Å². The molecule has 27 heavy (non-hydrogen) atoms. The topological polar surface area (TPSA) is 50.7 Å². The van der Waals surface area contributed by atoms with Crippen LogP contribution < -0.4 is 10.2 Å². The number of hydrogen-bond acceptors (Lipinski definition) is 3. The van der Waals surface area contributed by atoms with Gasteiger partial charge in [0.1, 0.15) is 12.4 Å². The van der Waals surface area contributed by atoms with Gasteiger partial charge in [-0.25, -0.2) is 5.43 Å². The molecule has 0 atom stereocenters. The molecule has 0 aliphatic rings. The molecule has 0 bridgehead atoms. The Morgan fingerprint density at radius 2 is 1.78 bits per heavy atom. The zero-order chi connectivity index (χ0) is 18.9. The highest BCUT2D eigenvalue weighted by Gasteiger charge is 2.02. The fourth-order valence-electron chi connectivity index (χ4n) is 2.46. The van der Waals surface area contributed by atoms with Crippen LogP contribution in [-0.4, -0.2) is 12.1 Å². The van der Waals surface area contributed by atoms with Gasteiger partial charge in [-0.15, -0.1) is 0 Å². The fourth-order valence-corrected chi connectivity index (χ4v) is 2.65. The maximum absolute atomic E-state index is 11.9. The van der Waals surface area contributed by atoms with E-state index in [0.29, 0.717) is 23.8 Å². The lowest BCUT2D eigenvalue weighted by Gasteiger charge is -2.08. The summed E-state index contributed by atoms with van der Waals surface area (Å²) >= 11 is 6.14. The number of carbonyl (C=O) groups excluding carboxylic acids is 1. The lowest BCUT2D eigenvalue weighted by molar-refractivity contribution is -0.120. The molecule has 0 spiro atoms. The summed E-state index contributed by atoms with van der Waals surface area (Å²) in [5, 5.41) is 4.69. The van der Waals surface area contributed by atoms with Crippen LogP contribution in [0.2, 0.25) is 5.02 Å². The molecular weight excluding hydrogens is 360 g/mol. The van der Waals surface area contributed by atoms with Gasteiger partial charge in [0.05, 0.1) is 12.6 Å². The van der Waals surface area contributed by atoms with Crippen molar-refractivity contribution in [3.05, 3.63) is 101 Å². The Balaban J connectivity index is 1.53. The average molecular weight is 379 g/mol. The van der Waals surface area contributed by atoms with Crippen LogP contribution in [0.4, 0.5) is 0 Å². The Bertz CT molecular complexity index is 926. The quantitative estimate of drug-likeness (QED) is 0.482. The standard InChI is InChI=1S/C22H19ClN2O2/c23-21-12-5-4-10-19(21)16-27-20-11-6-9-18(13-20)15-24-25-22(26)14-17-7-2-1-3-8-17/h1-13,15H,14,16H2,(H,25,26)/b24-15-. The summed E-state index contributed by atoms with van der Waals surface area (Å²) in [5.74, 6) is 0.540. The predicted octanol–water partition coefficient (Wildman–Crippen LogP) is 4.61. The van der Waals surface area contributed by atoms with Gasteiger partial charge >= 0.3 is 0 Å². The van der Waals surface area contributed by atoms with Crippen LogP contribution in [0.3, 0.4) is 0 Å². The van der Waals surface area contributed by atoms with Gasteiger partial charge in [0.25, 0.3) is 0 Å². The molecule has 0 saturated heterocycles. The largest absolute Gasteiger partial charge is 0.489 e. The van der Waals surface area contributed by atoms with Gasteiger partial charge in [-0.2, -0.15) is 5.10 Å². The van der Waals surface area contributed by atoms with Gasteiger partial charge in [-0.05, 0) is 29.3 Å². The molecule has 0 aromatic heterocycles. The third kappa shape index (κ3) is 5.97. The number of carbonyl (C=O) groups is 1. The van der Waals surface area contributed by atoms with Gasteiger partial charge in [-0.3, -0.25) is 4.79 Å². The van der Waals surface area contributed by atoms with E-state index in [9.17, 15) is 4.79 Å². The van der Waals surface area contributed by atoms with E-state index in [0.717, 1.165) is 16.7 Å². The van der Waals surface area contributed by atoms with Crippen LogP contribution >= 0.6 is 11.6 Å². The van der Waals surface area contributed by atoms with E-state index in [4.69, 9.17) is 16.3 Å². The second-order valence-electron chi connectivity index (χ2n) is 5.91. The number of benzene rings is 3. The predicted molar refractivity (Wildman–Crippen MR) is 108 cm³/mol. The Morgan fingerprint density at radius 3 is 2.59 bits per heavy atom. The second-order valence-corrected chi connectivity index (χ2v) is 6.32. The number of hydrazone groups is 1. The number of nitrogens with one attached hydrogen (secondary N) is 1. The first-order valence-corrected chi connectivity index (χ1v) is 8.90. The van der Waals surface area contributed by atoms with Gasteiger partial charge in [-0.1, -0.05) is 72.3 Å². The van der Waals surface area contributed by atoms with Crippen molar-refractivity contribution in [3.8, 4) is 5.75 Å². The Hall–Kier alpha value is -3.11. The van der Waals surface area contributed by atoms with E-state index in [1.165, 1.54) is 0 Å². The van der Waals surface area contributed by atoms with Gasteiger partial charge in [0.2, 0.25) is 5.91 Å².